The van der Waals surface area contributed by atoms with Crippen LogP contribution < -0.4 is 5.11 Å². The quantitative estimate of drug-likeness (QED) is 0.769. The van der Waals surface area contributed by atoms with Crippen LogP contribution in [0.3, 0.4) is 0 Å². The summed E-state index contributed by atoms with van der Waals surface area (Å²) in [5.74, 6) is -1.43. The highest BCUT2D eigenvalue weighted by atomic mass is 16.6. The molecule has 0 atom stereocenters. The molecule has 6 heteroatoms. The Bertz CT molecular complexity index is 652. The highest BCUT2D eigenvalue weighted by Crippen LogP contribution is 2.19. The summed E-state index contributed by atoms with van der Waals surface area (Å²) < 4.78 is 6.11. The summed E-state index contributed by atoms with van der Waals surface area (Å²) in [6.07, 6.45) is -0.726. The highest BCUT2D eigenvalue weighted by Gasteiger charge is 2.22. The minimum absolute atomic E-state index is 0.276. The fraction of sp³-hybridized carbons (Fsp3) is 0.308. The van der Waals surface area contributed by atoms with E-state index in [4.69, 9.17) is 4.74 Å². The van der Waals surface area contributed by atoms with Gasteiger partial charge in [0.2, 0.25) is 0 Å². The first-order valence-corrected chi connectivity index (χ1v) is 5.72. The number of rotatable bonds is 1. The van der Waals surface area contributed by atoms with Gasteiger partial charge in [-0.15, -0.1) is 0 Å². The van der Waals surface area contributed by atoms with Crippen LogP contribution in [0.5, 0.6) is 0 Å². The lowest BCUT2D eigenvalue weighted by Crippen LogP contribution is -2.28. The van der Waals surface area contributed by atoms with E-state index in [9.17, 15) is 14.7 Å². The molecule has 1 heterocycles. The van der Waals surface area contributed by atoms with Crippen molar-refractivity contribution >= 4 is 23.0 Å². The minimum Gasteiger partial charge on any atom is -0.543 e. The number of carbonyl (C=O) groups is 2. The van der Waals surface area contributed by atoms with Gasteiger partial charge in [0.15, 0.2) is 0 Å². The molecule has 0 N–H and O–H groups in total. The maximum Gasteiger partial charge on any atom is 0.435 e. The number of hydrogen-bond acceptors (Lipinski definition) is 5. The van der Waals surface area contributed by atoms with Gasteiger partial charge in [-0.3, -0.25) is 0 Å². The van der Waals surface area contributed by atoms with Gasteiger partial charge in [-0.2, -0.15) is 9.78 Å². The van der Waals surface area contributed by atoms with Crippen LogP contribution in [0.2, 0.25) is 0 Å². The van der Waals surface area contributed by atoms with Gasteiger partial charge in [0.1, 0.15) is 11.3 Å². The van der Waals surface area contributed by atoms with Crippen LogP contribution in [-0.4, -0.2) is 27.4 Å². The van der Waals surface area contributed by atoms with E-state index in [0.717, 1.165) is 4.68 Å². The Balaban J connectivity index is 2.55. The summed E-state index contributed by atoms with van der Waals surface area (Å²) in [7, 11) is 0. The van der Waals surface area contributed by atoms with Crippen molar-refractivity contribution in [3.8, 4) is 0 Å². The topological polar surface area (TPSA) is 84.2 Å². The SMILES string of the molecule is CC(C)(C)OC(=O)n1nc(C(=O)[O-])c2ccccc21. The Morgan fingerprint density at radius 2 is 1.89 bits per heavy atom. The van der Waals surface area contributed by atoms with Gasteiger partial charge in [0.05, 0.1) is 11.5 Å². The number of carboxylic acid groups (broad SMARTS) is 1. The summed E-state index contributed by atoms with van der Waals surface area (Å²) in [6, 6.07) is 6.51. The Hall–Kier alpha value is -2.37. The van der Waals surface area contributed by atoms with Crippen molar-refractivity contribution < 1.29 is 19.4 Å². The van der Waals surface area contributed by atoms with Crippen LogP contribution in [0.1, 0.15) is 31.3 Å². The molecule has 1 aromatic heterocycles. The average molecular weight is 261 g/mol. The van der Waals surface area contributed by atoms with Gasteiger partial charge < -0.3 is 14.6 Å². The Labute approximate surface area is 109 Å². The van der Waals surface area contributed by atoms with Crippen molar-refractivity contribution in [2.24, 2.45) is 0 Å². The zero-order valence-electron chi connectivity index (χ0n) is 10.8. The number of hydrogen-bond donors (Lipinski definition) is 0. The van der Waals surface area contributed by atoms with Crippen LogP contribution >= 0.6 is 0 Å². The molecule has 0 bridgehead atoms. The first-order chi connectivity index (χ1) is 8.79. The van der Waals surface area contributed by atoms with Gasteiger partial charge in [0.25, 0.3) is 0 Å². The molecule has 0 amide bonds. The second-order valence-electron chi connectivity index (χ2n) is 5.05. The summed E-state index contributed by atoms with van der Waals surface area (Å²) >= 11 is 0. The summed E-state index contributed by atoms with van der Waals surface area (Å²) in [4.78, 5) is 23.0. The third-order valence-electron chi connectivity index (χ3n) is 2.35. The maximum absolute atomic E-state index is 12.0. The van der Waals surface area contributed by atoms with Gasteiger partial charge in [-0.1, -0.05) is 18.2 Å². The molecule has 6 nitrogen and oxygen atoms in total. The summed E-state index contributed by atoms with van der Waals surface area (Å²) in [5.41, 5.74) is -0.594. The fourth-order valence-electron chi connectivity index (χ4n) is 1.66. The summed E-state index contributed by atoms with van der Waals surface area (Å²) in [5, 5.41) is 15.1. The van der Waals surface area contributed by atoms with Gasteiger partial charge >= 0.3 is 6.09 Å². The van der Waals surface area contributed by atoms with Gasteiger partial charge in [0, 0.05) is 5.39 Å². The first-order valence-electron chi connectivity index (χ1n) is 5.72. The van der Waals surface area contributed by atoms with Crippen LogP contribution in [0, 0.1) is 0 Å². The average Bonchev–Trinajstić information content (AvgIpc) is 2.66. The monoisotopic (exact) mass is 261 g/mol. The molecule has 0 aliphatic rings. The Morgan fingerprint density at radius 1 is 1.26 bits per heavy atom. The zero-order valence-corrected chi connectivity index (χ0v) is 10.8. The molecule has 0 saturated heterocycles. The largest absolute Gasteiger partial charge is 0.543 e. The van der Waals surface area contributed by atoms with E-state index >= 15 is 0 Å². The fourth-order valence-corrected chi connectivity index (χ4v) is 1.66. The molecule has 0 radical (unpaired) electrons. The van der Waals surface area contributed by atoms with E-state index in [2.05, 4.69) is 5.10 Å². The number of aromatic carboxylic acids is 1. The number of carboxylic acids is 1. The van der Waals surface area contributed by atoms with E-state index < -0.39 is 17.7 Å². The smallest absolute Gasteiger partial charge is 0.435 e. The van der Waals surface area contributed by atoms with Crippen molar-refractivity contribution in [3.63, 3.8) is 0 Å². The third-order valence-corrected chi connectivity index (χ3v) is 2.35. The van der Waals surface area contributed by atoms with Crippen molar-refractivity contribution in [1.82, 2.24) is 9.78 Å². The molecular formula is C13H13N2O4-. The lowest BCUT2D eigenvalue weighted by molar-refractivity contribution is -0.255. The zero-order chi connectivity index (χ0) is 14.2. The molecule has 0 spiro atoms. The number of carbonyl (C=O) groups excluding carboxylic acids is 2. The highest BCUT2D eigenvalue weighted by molar-refractivity contribution is 6.02. The minimum atomic E-state index is -1.43. The number of para-hydroxylation sites is 1. The van der Waals surface area contributed by atoms with E-state index in [-0.39, 0.29) is 5.69 Å². The Kier molecular flexibility index (Phi) is 3.01. The van der Waals surface area contributed by atoms with E-state index in [1.807, 2.05) is 0 Å². The molecule has 100 valence electrons. The number of ether oxygens (including phenoxy) is 1. The second-order valence-corrected chi connectivity index (χ2v) is 5.05. The molecule has 0 unspecified atom stereocenters. The number of nitrogens with zero attached hydrogens (tertiary/aromatic N) is 2. The predicted octanol–water partition coefficient (Wildman–Crippen LogP) is 1.18. The molecule has 0 aliphatic heterocycles. The third kappa shape index (κ3) is 2.57. The first kappa shape index (κ1) is 13.1. The Morgan fingerprint density at radius 3 is 2.47 bits per heavy atom. The second kappa shape index (κ2) is 4.38. The normalized spacial score (nSPS) is 11.5. The maximum atomic E-state index is 12.0. The van der Waals surface area contributed by atoms with Crippen LogP contribution in [-0.2, 0) is 4.74 Å². The number of fused-ring (bicyclic) bond motifs is 1. The van der Waals surface area contributed by atoms with Gasteiger partial charge in [-0.25, -0.2) is 4.79 Å². The van der Waals surface area contributed by atoms with Crippen molar-refractivity contribution in [2.45, 2.75) is 26.4 Å². The van der Waals surface area contributed by atoms with Gasteiger partial charge in [-0.05, 0) is 26.8 Å². The van der Waals surface area contributed by atoms with Crippen molar-refractivity contribution in [1.29, 1.82) is 0 Å². The molecule has 1 aromatic carbocycles. The molecule has 19 heavy (non-hydrogen) atoms. The van der Waals surface area contributed by atoms with Crippen LogP contribution in [0.4, 0.5) is 4.79 Å². The molecule has 0 saturated carbocycles. The lowest BCUT2D eigenvalue weighted by Gasteiger charge is -2.19. The summed E-state index contributed by atoms with van der Waals surface area (Å²) in [6.45, 7) is 5.16. The van der Waals surface area contributed by atoms with E-state index in [1.165, 1.54) is 0 Å². The molecule has 0 aliphatic carbocycles. The number of aromatic nitrogens is 2. The van der Waals surface area contributed by atoms with E-state index in [0.29, 0.717) is 10.9 Å². The van der Waals surface area contributed by atoms with Crippen LogP contribution in [0.25, 0.3) is 10.9 Å². The molecular weight excluding hydrogens is 248 g/mol. The van der Waals surface area contributed by atoms with Crippen molar-refractivity contribution in [2.75, 3.05) is 0 Å². The molecule has 0 fully saturated rings. The molecule has 2 rings (SSSR count). The van der Waals surface area contributed by atoms with Crippen LogP contribution in [0.15, 0.2) is 24.3 Å². The molecule has 2 aromatic rings. The van der Waals surface area contributed by atoms with E-state index in [1.54, 1.807) is 45.0 Å². The lowest BCUT2D eigenvalue weighted by atomic mass is 10.2. The van der Waals surface area contributed by atoms with Crippen molar-refractivity contribution in [3.05, 3.63) is 30.0 Å². The standard InChI is InChI=1S/C13H14N2O4/c1-13(2,3)19-12(18)15-9-7-5-4-6-8(9)10(14-15)11(16)17/h4-7H,1-3H3,(H,16,17)/p-1. The number of benzene rings is 1. The predicted molar refractivity (Wildman–Crippen MR) is 65.7 cm³/mol.